The van der Waals surface area contributed by atoms with Crippen LogP contribution in [0.25, 0.3) is 0 Å². The molecular weight excluding hydrogens is 315 g/mol. The number of hydrogen-bond acceptors (Lipinski definition) is 3. The van der Waals surface area contributed by atoms with Gasteiger partial charge >= 0.3 is 6.03 Å². The molecule has 1 heterocycles. The lowest BCUT2D eigenvalue weighted by atomic mass is 10.0. The van der Waals surface area contributed by atoms with E-state index in [0.717, 1.165) is 37.0 Å². The first kappa shape index (κ1) is 16.6. The Morgan fingerprint density at radius 2 is 2.26 bits per heavy atom. The number of carbonyl (C=O) groups is 1. The lowest BCUT2D eigenvalue weighted by Gasteiger charge is -2.29. The van der Waals surface area contributed by atoms with E-state index in [1.807, 2.05) is 6.07 Å². The summed E-state index contributed by atoms with van der Waals surface area (Å²) < 4.78 is 13.9. The molecule has 3 unspecified atom stereocenters. The van der Waals surface area contributed by atoms with Gasteiger partial charge in [-0.25, -0.2) is 9.18 Å². The fraction of sp³-hybridized carbons (Fsp3) is 0.588. The van der Waals surface area contributed by atoms with Crippen LogP contribution in [0, 0.1) is 11.7 Å². The van der Waals surface area contributed by atoms with Gasteiger partial charge in [0.2, 0.25) is 0 Å². The Labute approximate surface area is 140 Å². The Morgan fingerprint density at radius 1 is 1.43 bits per heavy atom. The number of benzene rings is 1. The SMILES string of the molecule is CN(CC1CCCC1O)C(=O)NC1CCSc2c(F)cccc21. The van der Waals surface area contributed by atoms with Crippen LogP contribution in [0.3, 0.4) is 0 Å². The van der Waals surface area contributed by atoms with Crippen molar-refractivity contribution >= 4 is 17.8 Å². The van der Waals surface area contributed by atoms with Crippen molar-refractivity contribution < 1.29 is 14.3 Å². The lowest BCUT2D eigenvalue weighted by Crippen LogP contribution is -2.43. The first-order valence-electron chi connectivity index (χ1n) is 8.17. The van der Waals surface area contributed by atoms with Gasteiger partial charge in [-0.05, 0) is 30.9 Å². The third kappa shape index (κ3) is 3.63. The second-order valence-corrected chi connectivity index (χ2v) is 7.54. The monoisotopic (exact) mass is 338 g/mol. The summed E-state index contributed by atoms with van der Waals surface area (Å²) in [5.74, 6) is 0.746. The molecule has 126 valence electrons. The number of rotatable bonds is 3. The molecule has 1 saturated carbocycles. The van der Waals surface area contributed by atoms with Crippen LogP contribution in [0.5, 0.6) is 0 Å². The minimum Gasteiger partial charge on any atom is -0.393 e. The predicted octanol–water partition coefficient (Wildman–Crippen LogP) is 3.17. The van der Waals surface area contributed by atoms with Crippen molar-refractivity contribution in [2.75, 3.05) is 19.3 Å². The molecule has 0 radical (unpaired) electrons. The number of halogens is 1. The molecule has 23 heavy (non-hydrogen) atoms. The molecule has 3 rings (SSSR count). The van der Waals surface area contributed by atoms with E-state index in [1.54, 1.807) is 18.0 Å². The van der Waals surface area contributed by atoms with E-state index in [0.29, 0.717) is 11.4 Å². The van der Waals surface area contributed by atoms with Gasteiger partial charge in [0.25, 0.3) is 0 Å². The first-order chi connectivity index (χ1) is 11.1. The third-order valence-electron chi connectivity index (χ3n) is 4.80. The first-order valence-corrected chi connectivity index (χ1v) is 9.15. The zero-order chi connectivity index (χ0) is 16.4. The normalized spacial score (nSPS) is 26.7. The highest BCUT2D eigenvalue weighted by Gasteiger charge is 2.29. The minimum atomic E-state index is -0.300. The number of nitrogens with one attached hydrogen (secondary N) is 1. The number of urea groups is 1. The highest BCUT2D eigenvalue weighted by Crippen LogP contribution is 2.37. The van der Waals surface area contributed by atoms with Gasteiger partial charge < -0.3 is 15.3 Å². The summed E-state index contributed by atoms with van der Waals surface area (Å²) in [4.78, 5) is 14.7. The maximum atomic E-state index is 13.9. The molecule has 0 spiro atoms. The second kappa shape index (κ2) is 7.09. The summed E-state index contributed by atoms with van der Waals surface area (Å²) in [5.41, 5.74) is 0.865. The van der Waals surface area contributed by atoms with E-state index in [-0.39, 0.29) is 29.9 Å². The van der Waals surface area contributed by atoms with Crippen molar-refractivity contribution in [2.24, 2.45) is 5.92 Å². The summed E-state index contributed by atoms with van der Waals surface area (Å²) in [6, 6.07) is 4.74. The molecule has 0 saturated heterocycles. The van der Waals surface area contributed by atoms with E-state index in [2.05, 4.69) is 5.32 Å². The van der Waals surface area contributed by atoms with Gasteiger partial charge in [-0.1, -0.05) is 18.6 Å². The van der Waals surface area contributed by atoms with Crippen LogP contribution in [0.15, 0.2) is 23.1 Å². The van der Waals surface area contributed by atoms with Gasteiger partial charge in [0.15, 0.2) is 0 Å². The van der Waals surface area contributed by atoms with Gasteiger partial charge in [-0.15, -0.1) is 11.8 Å². The summed E-state index contributed by atoms with van der Waals surface area (Å²) in [5, 5.41) is 12.9. The Kier molecular flexibility index (Phi) is 5.11. The lowest BCUT2D eigenvalue weighted by molar-refractivity contribution is 0.113. The Hall–Kier alpha value is -1.27. The molecule has 2 aliphatic rings. The molecule has 4 nitrogen and oxygen atoms in total. The van der Waals surface area contributed by atoms with E-state index < -0.39 is 0 Å². The van der Waals surface area contributed by atoms with E-state index in [9.17, 15) is 14.3 Å². The Balaban J connectivity index is 1.63. The number of nitrogens with zero attached hydrogens (tertiary/aromatic N) is 1. The van der Waals surface area contributed by atoms with E-state index >= 15 is 0 Å². The highest BCUT2D eigenvalue weighted by atomic mass is 32.2. The predicted molar refractivity (Wildman–Crippen MR) is 89.0 cm³/mol. The maximum Gasteiger partial charge on any atom is 0.317 e. The second-order valence-electron chi connectivity index (χ2n) is 6.44. The molecule has 1 aliphatic heterocycles. The van der Waals surface area contributed by atoms with Crippen molar-refractivity contribution in [3.8, 4) is 0 Å². The summed E-state index contributed by atoms with van der Waals surface area (Å²) >= 11 is 1.51. The molecule has 0 aromatic heterocycles. The fourth-order valence-corrected chi connectivity index (χ4v) is 4.60. The number of aliphatic hydroxyl groups excluding tert-OH is 1. The van der Waals surface area contributed by atoms with E-state index in [4.69, 9.17) is 0 Å². The quantitative estimate of drug-likeness (QED) is 0.890. The van der Waals surface area contributed by atoms with Gasteiger partial charge in [-0.3, -0.25) is 0 Å². The van der Waals surface area contributed by atoms with Crippen molar-refractivity contribution in [3.05, 3.63) is 29.6 Å². The number of amides is 2. The van der Waals surface area contributed by atoms with Crippen LogP contribution in [-0.4, -0.2) is 41.5 Å². The summed E-state index contributed by atoms with van der Waals surface area (Å²) in [7, 11) is 1.75. The maximum absolute atomic E-state index is 13.9. The van der Waals surface area contributed by atoms with Crippen molar-refractivity contribution in [3.63, 3.8) is 0 Å². The largest absolute Gasteiger partial charge is 0.393 e. The van der Waals surface area contributed by atoms with Crippen LogP contribution >= 0.6 is 11.8 Å². The summed E-state index contributed by atoms with van der Waals surface area (Å²) in [6.07, 6.45) is 3.31. The van der Waals surface area contributed by atoms with Crippen LogP contribution in [0.1, 0.15) is 37.3 Å². The Morgan fingerprint density at radius 3 is 3.00 bits per heavy atom. The number of hydrogen-bond donors (Lipinski definition) is 2. The molecule has 6 heteroatoms. The van der Waals surface area contributed by atoms with E-state index in [1.165, 1.54) is 17.8 Å². The molecule has 1 aromatic carbocycles. The number of aliphatic hydroxyl groups is 1. The molecule has 1 aromatic rings. The van der Waals surface area contributed by atoms with Crippen LogP contribution in [0.2, 0.25) is 0 Å². The Bertz CT molecular complexity index is 584. The van der Waals surface area contributed by atoms with Crippen molar-refractivity contribution in [2.45, 2.75) is 42.7 Å². The van der Waals surface area contributed by atoms with Gasteiger partial charge in [0.1, 0.15) is 5.82 Å². The smallest absolute Gasteiger partial charge is 0.317 e. The molecule has 3 atom stereocenters. The topological polar surface area (TPSA) is 52.6 Å². The third-order valence-corrected chi connectivity index (χ3v) is 5.96. The zero-order valence-electron chi connectivity index (χ0n) is 13.3. The number of thioether (sulfide) groups is 1. The van der Waals surface area contributed by atoms with Crippen LogP contribution < -0.4 is 5.32 Å². The number of fused-ring (bicyclic) bond motifs is 1. The minimum absolute atomic E-state index is 0.148. The standard InChI is InChI=1S/C17H23FN2O2S/c1-20(10-11-4-2-7-15(11)21)17(22)19-14-8-9-23-16-12(14)5-3-6-13(16)18/h3,5-6,11,14-15,21H,2,4,7-10H2,1H3,(H,19,22). The fourth-order valence-electron chi connectivity index (χ4n) is 3.46. The average molecular weight is 338 g/mol. The molecule has 1 fully saturated rings. The average Bonchev–Trinajstić information content (AvgIpc) is 2.93. The van der Waals surface area contributed by atoms with Crippen LogP contribution in [-0.2, 0) is 0 Å². The molecular formula is C17H23FN2O2S. The van der Waals surface area contributed by atoms with Gasteiger partial charge in [0, 0.05) is 30.2 Å². The zero-order valence-corrected chi connectivity index (χ0v) is 14.1. The molecule has 0 bridgehead atoms. The molecule has 1 aliphatic carbocycles. The van der Waals surface area contributed by atoms with Gasteiger partial charge in [0.05, 0.1) is 12.1 Å². The number of carbonyl (C=O) groups excluding carboxylic acids is 1. The van der Waals surface area contributed by atoms with Crippen molar-refractivity contribution in [1.82, 2.24) is 10.2 Å². The molecule has 2 N–H and O–H groups in total. The van der Waals surface area contributed by atoms with Crippen molar-refractivity contribution in [1.29, 1.82) is 0 Å². The summed E-state index contributed by atoms with van der Waals surface area (Å²) in [6.45, 7) is 0.560. The highest BCUT2D eigenvalue weighted by molar-refractivity contribution is 7.99. The van der Waals surface area contributed by atoms with Crippen LogP contribution in [0.4, 0.5) is 9.18 Å². The van der Waals surface area contributed by atoms with Gasteiger partial charge in [-0.2, -0.15) is 0 Å². The molecule has 2 amide bonds.